The molecular formula is C43H69N3. The second-order valence-electron chi connectivity index (χ2n) is 13.4. The van der Waals surface area contributed by atoms with Gasteiger partial charge in [-0.05, 0) is 99.6 Å². The maximum atomic E-state index is 5.24. The Morgan fingerprint density at radius 3 is 1.72 bits per heavy atom. The predicted octanol–water partition coefficient (Wildman–Crippen LogP) is 14.4. The Balaban J connectivity index is 2.14. The van der Waals surface area contributed by atoms with E-state index in [-0.39, 0.29) is 0 Å². The average Bonchev–Trinajstić information content (AvgIpc) is 3.06. The van der Waals surface area contributed by atoms with E-state index in [1.54, 1.807) is 0 Å². The molecule has 0 aliphatic rings. The molecule has 3 nitrogen and oxygen atoms in total. The largest absolute Gasteiger partial charge is 0.385 e. The number of rotatable bonds is 27. The molecule has 3 heteroatoms. The molecule has 0 fully saturated rings. The number of unbranched alkanes of at least 4 members (excludes halogenated alkanes) is 17. The highest BCUT2D eigenvalue weighted by Gasteiger charge is 2.09. The van der Waals surface area contributed by atoms with Gasteiger partial charge in [0.1, 0.15) is 0 Å². The Labute approximate surface area is 284 Å². The summed E-state index contributed by atoms with van der Waals surface area (Å²) in [6.45, 7) is 12.2. The Bertz CT molecular complexity index is 1130. The maximum Gasteiger partial charge on any atom is 0.0848 e. The molecule has 0 radical (unpaired) electrons. The van der Waals surface area contributed by atoms with Gasteiger partial charge in [-0.15, -0.1) is 0 Å². The Kier molecular flexibility index (Phi) is 22.7. The van der Waals surface area contributed by atoms with Crippen molar-refractivity contribution in [3.05, 3.63) is 65.7 Å². The molecule has 0 atom stereocenters. The van der Waals surface area contributed by atoms with Crippen molar-refractivity contribution in [1.82, 2.24) is 0 Å². The number of aryl methyl sites for hydroxylation is 2. The van der Waals surface area contributed by atoms with Gasteiger partial charge in [0.05, 0.1) is 22.8 Å². The highest BCUT2D eigenvalue weighted by molar-refractivity contribution is 6.47. The third kappa shape index (κ3) is 18.5. The van der Waals surface area contributed by atoms with Gasteiger partial charge in [0.15, 0.2) is 0 Å². The monoisotopic (exact) mass is 628 g/mol. The number of anilines is 1. The number of nitrogens with zero attached hydrogens (tertiary/aromatic N) is 2. The van der Waals surface area contributed by atoms with Crippen LogP contribution in [0.25, 0.3) is 0 Å². The van der Waals surface area contributed by atoms with Crippen molar-refractivity contribution < 1.29 is 0 Å². The van der Waals surface area contributed by atoms with E-state index in [9.17, 15) is 0 Å². The van der Waals surface area contributed by atoms with Crippen LogP contribution in [-0.4, -0.2) is 18.0 Å². The van der Waals surface area contributed by atoms with E-state index in [4.69, 9.17) is 9.98 Å². The highest BCUT2D eigenvalue weighted by atomic mass is 14.9. The number of allylic oxidation sites excluding steroid dienone is 2. The van der Waals surface area contributed by atoms with E-state index in [0.717, 1.165) is 48.6 Å². The lowest BCUT2D eigenvalue weighted by molar-refractivity contribution is 0.566. The van der Waals surface area contributed by atoms with Crippen molar-refractivity contribution in [3.8, 4) is 0 Å². The van der Waals surface area contributed by atoms with Crippen LogP contribution >= 0.6 is 0 Å². The van der Waals surface area contributed by atoms with E-state index in [1.165, 1.54) is 132 Å². The van der Waals surface area contributed by atoms with Crippen LogP contribution < -0.4 is 5.32 Å². The minimum atomic E-state index is 0.950. The molecule has 2 aromatic carbocycles. The van der Waals surface area contributed by atoms with Gasteiger partial charge >= 0.3 is 0 Å². The standard InChI is InChI=1S/C43H69N3/c1-6-9-12-15-17-18-19-20-21-22-25-28-42(43(27-24-14-11-8-3)46-41-30-29-37(4)38(5)36-41)45-40-33-31-39(32-34-40)44-35-26-23-16-13-10-7-2/h25,28-34,36,44H,6-24,26-27,35H2,1-5H3. The molecule has 2 rings (SSSR count). The van der Waals surface area contributed by atoms with E-state index in [0.29, 0.717) is 0 Å². The first kappa shape index (κ1) is 39.5. The molecular weight excluding hydrogens is 558 g/mol. The highest BCUT2D eigenvalue weighted by Crippen LogP contribution is 2.22. The van der Waals surface area contributed by atoms with E-state index >= 15 is 0 Å². The molecule has 1 N–H and O–H groups in total. The average molecular weight is 628 g/mol. The van der Waals surface area contributed by atoms with Gasteiger partial charge in [0, 0.05) is 12.2 Å². The summed E-state index contributed by atoms with van der Waals surface area (Å²) in [5, 5.41) is 3.61. The van der Waals surface area contributed by atoms with Crippen LogP contribution in [0.5, 0.6) is 0 Å². The molecule has 0 unspecified atom stereocenters. The van der Waals surface area contributed by atoms with Gasteiger partial charge in [-0.1, -0.05) is 136 Å². The number of hydrogen-bond acceptors (Lipinski definition) is 3. The molecule has 256 valence electrons. The summed E-state index contributed by atoms with van der Waals surface area (Å²) in [6, 6.07) is 15.2. The fourth-order valence-corrected chi connectivity index (χ4v) is 5.81. The number of aliphatic imine (C=N–C) groups is 2. The summed E-state index contributed by atoms with van der Waals surface area (Å²) < 4.78 is 0. The van der Waals surface area contributed by atoms with E-state index in [2.05, 4.69) is 94.6 Å². The van der Waals surface area contributed by atoms with Crippen LogP contribution in [0.3, 0.4) is 0 Å². The zero-order valence-electron chi connectivity index (χ0n) is 30.6. The normalized spacial score (nSPS) is 12.4. The lowest BCUT2D eigenvalue weighted by Gasteiger charge is -2.10. The third-order valence-electron chi connectivity index (χ3n) is 9.04. The smallest absolute Gasteiger partial charge is 0.0848 e. The number of benzene rings is 2. The van der Waals surface area contributed by atoms with E-state index in [1.807, 2.05) is 0 Å². The summed E-state index contributed by atoms with van der Waals surface area (Å²) in [5.74, 6) is 0. The van der Waals surface area contributed by atoms with Crippen LogP contribution in [0.1, 0.15) is 167 Å². The molecule has 0 aliphatic carbocycles. The maximum absolute atomic E-state index is 5.24. The Morgan fingerprint density at radius 1 is 0.565 bits per heavy atom. The van der Waals surface area contributed by atoms with Crippen molar-refractivity contribution in [3.63, 3.8) is 0 Å². The van der Waals surface area contributed by atoms with Crippen LogP contribution in [0.15, 0.2) is 64.6 Å². The lowest BCUT2D eigenvalue weighted by Crippen LogP contribution is -2.12. The lowest BCUT2D eigenvalue weighted by atomic mass is 10.0. The molecule has 0 spiro atoms. The van der Waals surface area contributed by atoms with Gasteiger partial charge in [-0.2, -0.15) is 0 Å². The van der Waals surface area contributed by atoms with Gasteiger partial charge in [0.25, 0.3) is 0 Å². The molecule has 0 aromatic heterocycles. The summed E-state index contributed by atoms with van der Waals surface area (Å²) >= 11 is 0. The van der Waals surface area contributed by atoms with Crippen molar-refractivity contribution >= 4 is 28.5 Å². The molecule has 46 heavy (non-hydrogen) atoms. The Hall–Kier alpha value is -2.68. The molecule has 0 saturated heterocycles. The predicted molar refractivity (Wildman–Crippen MR) is 208 cm³/mol. The van der Waals surface area contributed by atoms with Crippen LogP contribution in [0.2, 0.25) is 0 Å². The third-order valence-corrected chi connectivity index (χ3v) is 9.04. The van der Waals surface area contributed by atoms with Gasteiger partial charge in [-0.3, -0.25) is 4.99 Å². The summed E-state index contributed by atoms with van der Waals surface area (Å²) in [7, 11) is 0. The summed E-state index contributed by atoms with van der Waals surface area (Å²) in [5.41, 5.74) is 7.92. The van der Waals surface area contributed by atoms with Gasteiger partial charge in [0.2, 0.25) is 0 Å². The van der Waals surface area contributed by atoms with Crippen LogP contribution in [0, 0.1) is 13.8 Å². The summed E-state index contributed by atoms with van der Waals surface area (Å²) in [4.78, 5) is 10.5. The number of hydrogen-bond donors (Lipinski definition) is 1. The van der Waals surface area contributed by atoms with Crippen LogP contribution in [0.4, 0.5) is 17.1 Å². The van der Waals surface area contributed by atoms with Gasteiger partial charge in [-0.25, -0.2) is 4.99 Å². The van der Waals surface area contributed by atoms with Crippen molar-refractivity contribution in [2.45, 2.75) is 169 Å². The van der Waals surface area contributed by atoms with Crippen molar-refractivity contribution in [1.29, 1.82) is 0 Å². The van der Waals surface area contributed by atoms with Crippen molar-refractivity contribution in [2.24, 2.45) is 9.98 Å². The van der Waals surface area contributed by atoms with E-state index < -0.39 is 0 Å². The quantitative estimate of drug-likeness (QED) is 0.0776. The topological polar surface area (TPSA) is 36.8 Å². The first-order chi connectivity index (χ1) is 22.6. The second kappa shape index (κ2) is 26.4. The fraction of sp³-hybridized carbons (Fsp3) is 0.628. The molecule has 2 aromatic rings. The first-order valence-corrected chi connectivity index (χ1v) is 19.3. The minimum absolute atomic E-state index is 0.950. The minimum Gasteiger partial charge on any atom is -0.385 e. The fourth-order valence-electron chi connectivity index (χ4n) is 5.81. The Morgan fingerprint density at radius 2 is 1.11 bits per heavy atom. The molecule has 0 aliphatic heterocycles. The molecule has 0 bridgehead atoms. The first-order valence-electron chi connectivity index (χ1n) is 19.3. The number of nitrogens with one attached hydrogen (secondary N) is 1. The zero-order chi connectivity index (χ0) is 33.1. The van der Waals surface area contributed by atoms with Crippen molar-refractivity contribution in [2.75, 3.05) is 11.9 Å². The molecule has 0 saturated carbocycles. The summed E-state index contributed by atoms with van der Waals surface area (Å²) in [6.07, 6.45) is 31.7. The second-order valence-corrected chi connectivity index (χ2v) is 13.4. The zero-order valence-corrected chi connectivity index (χ0v) is 30.6. The molecule has 0 heterocycles. The molecule has 0 amide bonds. The van der Waals surface area contributed by atoms with Gasteiger partial charge < -0.3 is 5.32 Å². The van der Waals surface area contributed by atoms with Crippen LogP contribution in [-0.2, 0) is 0 Å². The SMILES string of the molecule is CCCCCCCCCCCC=CC(=Nc1ccc(NCCCCCCCC)cc1)C(CCCCCC)=Nc1ccc(C)c(C)c1.